The number of likely N-dealkylation sites (tertiary alicyclic amines) is 2. The first kappa shape index (κ1) is 17.6. The lowest BCUT2D eigenvalue weighted by Gasteiger charge is -2.37. The number of urea groups is 1. The molecule has 2 fully saturated rings. The summed E-state index contributed by atoms with van der Waals surface area (Å²) in [5.74, 6) is 1.09. The van der Waals surface area contributed by atoms with Crippen LogP contribution in [0, 0.1) is 0 Å². The minimum absolute atomic E-state index is 0.0314. The Morgan fingerprint density at radius 1 is 1.20 bits per heavy atom. The normalized spacial score (nSPS) is 20.6. The van der Waals surface area contributed by atoms with E-state index in [1.807, 2.05) is 40.1 Å². The summed E-state index contributed by atoms with van der Waals surface area (Å²) in [6.07, 6.45) is 4.33. The number of hydrogen-bond acceptors (Lipinski definition) is 3. The first-order chi connectivity index (χ1) is 12.2. The molecule has 2 aliphatic rings. The smallest absolute Gasteiger partial charge is 0.317 e. The van der Waals surface area contributed by atoms with Crippen molar-refractivity contribution in [2.45, 2.75) is 38.1 Å². The number of nitrogens with zero attached hydrogens (tertiary/aromatic N) is 2. The number of rotatable bonds is 6. The van der Waals surface area contributed by atoms with Crippen molar-refractivity contribution in [1.82, 2.24) is 15.1 Å². The predicted octanol–water partition coefficient (Wildman–Crippen LogP) is 2.25. The summed E-state index contributed by atoms with van der Waals surface area (Å²) < 4.78 is 5.62. The highest BCUT2D eigenvalue weighted by atomic mass is 16.5. The molecule has 1 aromatic rings. The third-order valence-electron chi connectivity index (χ3n) is 4.84. The van der Waals surface area contributed by atoms with E-state index in [-0.39, 0.29) is 18.0 Å². The third kappa shape index (κ3) is 4.87. The molecule has 0 aliphatic carbocycles. The van der Waals surface area contributed by atoms with Gasteiger partial charge in [-0.25, -0.2) is 4.79 Å². The van der Waals surface area contributed by atoms with Gasteiger partial charge in [0.1, 0.15) is 5.75 Å². The highest BCUT2D eigenvalue weighted by Gasteiger charge is 2.32. The lowest BCUT2D eigenvalue weighted by molar-refractivity contribution is -0.130. The monoisotopic (exact) mass is 345 g/mol. The molecular formula is C19H27N3O3. The average Bonchev–Trinajstić information content (AvgIpc) is 3.08. The highest BCUT2D eigenvalue weighted by Crippen LogP contribution is 2.21. The number of carbonyl (C=O) groups is 2. The van der Waals surface area contributed by atoms with Gasteiger partial charge in [0.2, 0.25) is 5.91 Å². The lowest BCUT2D eigenvalue weighted by atomic mass is 10.0. The average molecular weight is 345 g/mol. The van der Waals surface area contributed by atoms with E-state index < -0.39 is 0 Å². The maximum Gasteiger partial charge on any atom is 0.317 e. The maximum absolute atomic E-state index is 12.3. The molecule has 136 valence electrons. The molecular weight excluding hydrogens is 318 g/mol. The fourth-order valence-electron chi connectivity index (χ4n) is 3.53. The highest BCUT2D eigenvalue weighted by molar-refractivity contribution is 5.79. The van der Waals surface area contributed by atoms with E-state index in [4.69, 9.17) is 4.74 Å². The van der Waals surface area contributed by atoms with Crippen molar-refractivity contribution >= 4 is 11.9 Å². The van der Waals surface area contributed by atoms with Gasteiger partial charge in [0.25, 0.3) is 0 Å². The van der Waals surface area contributed by atoms with Crippen molar-refractivity contribution in [2.24, 2.45) is 0 Å². The molecule has 0 spiro atoms. The maximum atomic E-state index is 12.3. The van der Waals surface area contributed by atoms with Gasteiger partial charge >= 0.3 is 6.03 Å². The van der Waals surface area contributed by atoms with Gasteiger partial charge in [0.05, 0.1) is 6.61 Å². The standard InChI is InChI=1S/C19H27N3O3/c23-18-10-5-13-22(18)16-7-4-12-21(15-16)19(24)20-11-6-14-25-17-8-2-1-3-9-17/h1-3,8-9,16H,4-7,10-15H2,(H,20,24)/t16-/m0/s1. The van der Waals surface area contributed by atoms with Crippen molar-refractivity contribution in [3.63, 3.8) is 0 Å². The van der Waals surface area contributed by atoms with Crippen LogP contribution in [0.15, 0.2) is 30.3 Å². The number of para-hydroxylation sites is 1. The van der Waals surface area contributed by atoms with Crippen molar-refractivity contribution in [2.75, 3.05) is 32.8 Å². The summed E-state index contributed by atoms with van der Waals surface area (Å²) in [5, 5.41) is 2.96. The molecule has 25 heavy (non-hydrogen) atoms. The molecule has 0 aromatic heterocycles. The largest absolute Gasteiger partial charge is 0.494 e. The van der Waals surface area contributed by atoms with Crippen molar-refractivity contribution in [1.29, 1.82) is 0 Å². The zero-order chi connectivity index (χ0) is 17.5. The second kappa shape index (κ2) is 8.74. The summed E-state index contributed by atoms with van der Waals surface area (Å²) in [7, 11) is 0. The Morgan fingerprint density at radius 3 is 2.80 bits per heavy atom. The summed E-state index contributed by atoms with van der Waals surface area (Å²) in [4.78, 5) is 28.1. The van der Waals surface area contributed by atoms with Gasteiger partial charge in [-0.1, -0.05) is 18.2 Å². The topological polar surface area (TPSA) is 61.9 Å². The molecule has 2 heterocycles. The van der Waals surface area contributed by atoms with Crippen LogP contribution in [-0.2, 0) is 4.79 Å². The van der Waals surface area contributed by atoms with E-state index in [1.54, 1.807) is 0 Å². The Bertz CT molecular complexity index is 579. The Hall–Kier alpha value is -2.24. The molecule has 2 aliphatic heterocycles. The molecule has 3 rings (SSSR count). The van der Waals surface area contributed by atoms with Gasteiger partial charge in [-0.15, -0.1) is 0 Å². The van der Waals surface area contributed by atoms with Gasteiger partial charge < -0.3 is 19.9 Å². The van der Waals surface area contributed by atoms with Gasteiger partial charge in [0.15, 0.2) is 0 Å². The van der Waals surface area contributed by atoms with E-state index in [0.717, 1.165) is 44.5 Å². The SMILES string of the molecule is O=C(NCCCOc1ccccc1)N1CCC[C@H](N2CCCC2=O)C1. The van der Waals surface area contributed by atoms with Crippen LogP contribution in [0.25, 0.3) is 0 Å². The van der Waals surface area contributed by atoms with Crippen molar-refractivity contribution in [3.05, 3.63) is 30.3 Å². The summed E-state index contributed by atoms with van der Waals surface area (Å²) in [6, 6.07) is 9.84. The quantitative estimate of drug-likeness (QED) is 0.805. The number of benzene rings is 1. The van der Waals surface area contributed by atoms with Crippen LogP contribution in [0.3, 0.4) is 0 Å². The second-order valence-corrected chi connectivity index (χ2v) is 6.68. The first-order valence-corrected chi connectivity index (χ1v) is 9.24. The zero-order valence-electron chi connectivity index (χ0n) is 14.7. The summed E-state index contributed by atoms with van der Waals surface area (Å²) in [5.41, 5.74) is 0. The number of nitrogens with one attached hydrogen (secondary N) is 1. The van der Waals surface area contributed by atoms with Crippen LogP contribution in [-0.4, -0.2) is 60.6 Å². The summed E-state index contributed by atoms with van der Waals surface area (Å²) in [6.45, 7) is 3.43. The lowest BCUT2D eigenvalue weighted by Crippen LogP contribution is -2.52. The van der Waals surface area contributed by atoms with E-state index in [2.05, 4.69) is 5.32 Å². The van der Waals surface area contributed by atoms with Crippen LogP contribution in [0.2, 0.25) is 0 Å². The van der Waals surface area contributed by atoms with Gasteiger partial charge in [-0.3, -0.25) is 4.79 Å². The molecule has 0 unspecified atom stereocenters. The Balaban J connectivity index is 1.35. The minimum Gasteiger partial charge on any atom is -0.494 e. The van der Waals surface area contributed by atoms with Crippen molar-refractivity contribution < 1.29 is 14.3 Å². The fourth-order valence-corrected chi connectivity index (χ4v) is 3.53. The van der Waals surface area contributed by atoms with E-state index in [9.17, 15) is 9.59 Å². The van der Waals surface area contributed by atoms with Gasteiger partial charge in [0, 0.05) is 38.6 Å². The van der Waals surface area contributed by atoms with E-state index >= 15 is 0 Å². The predicted molar refractivity (Wildman–Crippen MR) is 95.5 cm³/mol. The molecule has 1 N–H and O–H groups in total. The molecule has 2 saturated heterocycles. The number of carbonyl (C=O) groups excluding carboxylic acids is 2. The van der Waals surface area contributed by atoms with Crippen LogP contribution in [0.5, 0.6) is 5.75 Å². The van der Waals surface area contributed by atoms with Gasteiger partial charge in [-0.2, -0.15) is 0 Å². The Morgan fingerprint density at radius 2 is 2.04 bits per heavy atom. The summed E-state index contributed by atoms with van der Waals surface area (Å²) >= 11 is 0. The molecule has 3 amide bonds. The fraction of sp³-hybridized carbons (Fsp3) is 0.579. The van der Waals surface area contributed by atoms with E-state index in [0.29, 0.717) is 26.1 Å². The van der Waals surface area contributed by atoms with Gasteiger partial charge in [-0.05, 0) is 37.8 Å². The number of amides is 3. The number of piperidine rings is 1. The Labute approximate surface area is 149 Å². The van der Waals surface area contributed by atoms with E-state index in [1.165, 1.54) is 0 Å². The molecule has 0 radical (unpaired) electrons. The molecule has 1 aromatic carbocycles. The molecule has 0 saturated carbocycles. The Kier molecular flexibility index (Phi) is 6.14. The molecule has 0 bridgehead atoms. The van der Waals surface area contributed by atoms with Crippen molar-refractivity contribution in [3.8, 4) is 5.75 Å². The molecule has 6 nitrogen and oxygen atoms in total. The molecule has 1 atom stereocenters. The first-order valence-electron chi connectivity index (χ1n) is 9.24. The van der Waals surface area contributed by atoms with Crippen LogP contribution in [0.4, 0.5) is 4.79 Å². The number of hydrogen-bond donors (Lipinski definition) is 1. The van der Waals surface area contributed by atoms with Crippen LogP contribution >= 0.6 is 0 Å². The molecule has 6 heteroatoms. The minimum atomic E-state index is -0.0314. The van der Waals surface area contributed by atoms with Crippen LogP contribution < -0.4 is 10.1 Å². The second-order valence-electron chi connectivity index (χ2n) is 6.68. The number of ether oxygens (including phenoxy) is 1. The van der Waals surface area contributed by atoms with Crippen LogP contribution in [0.1, 0.15) is 32.1 Å². The zero-order valence-corrected chi connectivity index (χ0v) is 14.7. The third-order valence-corrected chi connectivity index (χ3v) is 4.84.